The zero-order chi connectivity index (χ0) is 22.4. The topological polar surface area (TPSA) is 62.1 Å². The van der Waals surface area contributed by atoms with Crippen LogP contribution in [0.5, 0.6) is 0 Å². The minimum Gasteiger partial charge on any atom is -0.369 e. The van der Waals surface area contributed by atoms with Gasteiger partial charge in [0.05, 0.1) is 18.4 Å². The summed E-state index contributed by atoms with van der Waals surface area (Å²) in [5, 5.41) is 7.62. The Morgan fingerprint density at radius 3 is 2.72 bits per heavy atom. The number of anilines is 3. The molecule has 1 N–H and O–H groups in total. The van der Waals surface area contributed by atoms with Crippen LogP contribution in [-0.4, -0.2) is 50.8 Å². The summed E-state index contributed by atoms with van der Waals surface area (Å²) in [5.41, 5.74) is 3.08. The summed E-state index contributed by atoms with van der Waals surface area (Å²) in [6.07, 6.45) is 2.71. The van der Waals surface area contributed by atoms with Gasteiger partial charge in [0.25, 0.3) is 0 Å². The summed E-state index contributed by atoms with van der Waals surface area (Å²) in [4.78, 5) is 12.8. The molecule has 3 aromatic rings. The Balaban J connectivity index is 1.48. The lowest BCUT2D eigenvalue weighted by molar-refractivity contribution is 0.259. The van der Waals surface area contributed by atoms with Crippen LogP contribution in [-0.2, 0) is 19.5 Å². The van der Waals surface area contributed by atoms with E-state index in [4.69, 9.17) is 0 Å². The van der Waals surface area contributed by atoms with E-state index in [1.807, 2.05) is 16.8 Å². The van der Waals surface area contributed by atoms with Crippen molar-refractivity contribution in [2.75, 3.05) is 30.4 Å². The van der Waals surface area contributed by atoms with Crippen molar-refractivity contribution in [2.45, 2.75) is 45.8 Å². The van der Waals surface area contributed by atoms with E-state index in [0.717, 1.165) is 50.2 Å². The molecule has 2 aromatic heterocycles. The third kappa shape index (κ3) is 3.81. The number of fused-ring (bicyclic) bond motifs is 2. The molecule has 7 nitrogen and oxygen atoms in total. The highest BCUT2D eigenvalue weighted by Gasteiger charge is 2.24. The van der Waals surface area contributed by atoms with Gasteiger partial charge in [-0.15, -0.1) is 0 Å². The van der Waals surface area contributed by atoms with Crippen LogP contribution in [0, 0.1) is 11.6 Å². The van der Waals surface area contributed by atoms with Crippen molar-refractivity contribution in [3.63, 3.8) is 0 Å². The number of aromatic nitrogens is 4. The highest BCUT2D eigenvalue weighted by molar-refractivity contribution is 5.71. The molecule has 168 valence electrons. The average Bonchev–Trinajstić information content (AvgIpc) is 3.15. The smallest absolute Gasteiger partial charge is 0.229 e. The van der Waals surface area contributed by atoms with Crippen LogP contribution in [0.2, 0.25) is 0 Å². The Kier molecular flexibility index (Phi) is 5.28. The number of nitrogens with one attached hydrogen (secondary N) is 1. The van der Waals surface area contributed by atoms with Crippen molar-refractivity contribution in [3.05, 3.63) is 47.3 Å². The Hall–Kier alpha value is -3.07. The SMILES string of the molecule is CC(C)N1CCCc2c(F)cc(-c3nc(Nc4cc5n(n4)CCN(C)C5)ncc3F)cc21. The highest BCUT2D eigenvalue weighted by Crippen LogP contribution is 2.35. The molecule has 2 aliphatic rings. The molecular weight excluding hydrogens is 412 g/mol. The standard InChI is InChI=1S/C23H27F2N7/c1-14(2)31-6-4-5-17-18(24)9-15(10-20(17)31)22-19(25)12-26-23(28-22)27-21-11-16-13-30(3)7-8-32(16)29-21/h9-12,14H,4-8,13H2,1-3H3,(H,26,27,28,29). The van der Waals surface area contributed by atoms with E-state index in [-0.39, 0.29) is 23.5 Å². The molecule has 5 rings (SSSR count). The molecule has 0 fully saturated rings. The van der Waals surface area contributed by atoms with Crippen molar-refractivity contribution >= 4 is 17.5 Å². The summed E-state index contributed by atoms with van der Waals surface area (Å²) >= 11 is 0. The van der Waals surface area contributed by atoms with Gasteiger partial charge in [-0.2, -0.15) is 5.10 Å². The third-order valence-electron chi connectivity index (χ3n) is 6.18. The number of halogens is 2. The van der Waals surface area contributed by atoms with E-state index in [2.05, 4.69) is 51.1 Å². The monoisotopic (exact) mass is 439 g/mol. The molecule has 0 saturated carbocycles. The van der Waals surface area contributed by atoms with Gasteiger partial charge < -0.3 is 10.2 Å². The summed E-state index contributed by atoms with van der Waals surface area (Å²) in [6, 6.07) is 5.39. The number of nitrogens with zero attached hydrogens (tertiary/aromatic N) is 6. The first-order chi connectivity index (χ1) is 15.4. The zero-order valence-electron chi connectivity index (χ0n) is 18.6. The fourth-order valence-electron chi connectivity index (χ4n) is 4.55. The van der Waals surface area contributed by atoms with Crippen LogP contribution in [0.15, 0.2) is 24.4 Å². The first-order valence-electron chi connectivity index (χ1n) is 11.0. The molecule has 0 aliphatic carbocycles. The Morgan fingerprint density at radius 2 is 1.91 bits per heavy atom. The van der Waals surface area contributed by atoms with E-state index in [9.17, 15) is 8.78 Å². The summed E-state index contributed by atoms with van der Waals surface area (Å²) in [6.45, 7) is 7.56. The minimum atomic E-state index is -0.590. The second-order valence-electron chi connectivity index (χ2n) is 8.84. The van der Waals surface area contributed by atoms with E-state index in [0.29, 0.717) is 23.4 Å². The van der Waals surface area contributed by atoms with Crippen molar-refractivity contribution in [2.24, 2.45) is 0 Å². The second kappa shape index (κ2) is 8.12. The first-order valence-corrected chi connectivity index (χ1v) is 11.0. The van der Waals surface area contributed by atoms with Gasteiger partial charge in [0.2, 0.25) is 5.95 Å². The number of hydrogen-bond acceptors (Lipinski definition) is 6. The van der Waals surface area contributed by atoms with E-state index in [1.165, 1.54) is 6.07 Å². The predicted octanol–water partition coefficient (Wildman–Crippen LogP) is 3.97. The predicted molar refractivity (Wildman–Crippen MR) is 120 cm³/mol. The van der Waals surface area contributed by atoms with Crippen LogP contribution in [0.1, 0.15) is 31.5 Å². The molecule has 2 aliphatic heterocycles. The molecule has 9 heteroatoms. The summed E-state index contributed by atoms with van der Waals surface area (Å²) in [7, 11) is 2.07. The van der Waals surface area contributed by atoms with Crippen molar-refractivity contribution in [3.8, 4) is 11.3 Å². The number of benzene rings is 1. The lowest BCUT2D eigenvalue weighted by Crippen LogP contribution is -2.35. The molecule has 4 heterocycles. The number of likely N-dealkylation sites (N-methyl/N-ethyl adjacent to an activating group) is 1. The van der Waals surface area contributed by atoms with E-state index in [1.54, 1.807) is 0 Å². The first kappa shape index (κ1) is 20.8. The van der Waals surface area contributed by atoms with Gasteiger partial charge in [-0.1, -0.05) is 0 Å². The minimum absolute atomic E-state index is 0.0715. The molecule has 0 radical (unpaired) electrons. The van der Waals surface area contributed by atoms with Crippen molar-refractivity contribution in [1.82, 2.24) is 24.6 Å². The average molecular weight is 440 g/mol. The Labute approximate surface area is 186 Å². The second-order valence-corrected chi connectivity index (χ2v) is 8.84. The Morgan fingerprint density at radius 1 is 1.06 bits per heavy atom. The third-order valence-corrected chi connectivity index (χ3v) is 6.18. The maximum atomic E-state index is 15.0. The molecule has 0 saturated heterocycles. The molecule has 32 heavy (non-hydrogen) atoms. The maximum absolute atomic E-state index is 15.0. The Bertz CT molecular complexity index is 1160. The molecule has 0 amide bonds. The molecule has 1 aromatic carbocycles. The molecule has 0 bridgehead atoms. The molecule has 0 unspecified atom stereocenters. The van der Waals surface area contributed by atoms with Crippen molar-refractivity contribution in [1.29, 1.82) is 0 Å². The maximum Gasteiger partial charge on any atom is 0.229 e. The zero-order valence-corrected chi connectivity index (χ0v) is 18.6. The van der Waals surface area contributed by atoms with Crippen LogP contribution in [0.25, 0.3) is 11.3 Å². The van der Waals surface area contributed by atoms with Crippen LogP contribution < -0.4 is 10.2 Å². The van der Waals surface area contributed by atoms with Gasteiger partial charge in [-0.25, -0.2) is 18.7 Å². The molecule has 0 atom stereocenters. The van der Waals surface area contributed by atoms with Gasteiger partial charge in [-0.05, 0) is 45.9 Å². The van der Waals surface area contributed by atoms with Gasteiger partial charge in [0, 0.05) is 48.6 Å². The largest absolute Gasteiger partial charge is 0.369 e. The fraction of sp³-hybridized carbons (Fsp3) is 0.435. The fourth-order valence-corrected chi connectivity index (χ4v) is 4.55. The quantitative estimate of drug-likeness (QED) is 0.664. The van der Waals surface area contributed by atoms with E-state index < -0.39 is 5.82 Å². The number of hydrogen-bond donors (Lipinski definition) is 1. The van der Waals surface area contributed by atoms with Gasteiger partial charge in [0.15, 0.2) is 11.6 Å². The summed E-state index contributed by atoms with van der Waals surface area (Å²) in [5.74, 6) is -0.0756. The highest BCUT2D eigenvalue weighted by atomic mass is 19.1. The van der Waals surface area contributed by atoms with Gasteiger partial charge >= 0.3 is 0 Å². The van der Waals surface area contributed by atoms with Crippen LogP contribution in [0.3, 0.4) is 0 Å². The van der Waals surface area contributed by atoms with Crippen LogP contribution in [0.4, 0.5) is 26.2 Å². The van der Waals surface area contributed by atoms with Crippen molar-refractivity contribution < 1.29 is 8.78 Å². The lowest BCUT2D eigenvalue weighted by atomic mass is 9.96. The van der Waals surface area contributed by atoms with Crippen LogP contribution >= 0.6 is 0 Å². The molecule has 0 spiro atoms. The molecular formula is C23H27F2N7. The normalized spacial score (nSPS) is 16.2. The lowest BCUT2D eigenvalue weighted by Gasteiger charge is -2.35. The van der Waals surface area contributed by atoms with Gasteiger partial charge in [0.1, 0.15) is 11.5 Å². The summed E-state index contributed by atoms with van der Waals surface area (Å²) < 4.78 is 31.6. The van der Waals surface area contributed by atoms with E-state index >= 15 is 0 Å². The van der Waals surface area contributed by atoms with Gasteiger partial charge in [-0.3, -0.25) is 9.58 Å². The number of rotatable bonds is 4.